The van der Waals surface area contributed by atoms with Gasteiger partial charge in [0.05, 0.1) is 23.1 Å². The average Bonchev–Trinajstić information content (AvgIpc) is 2.74. The molecule has 4 saturated heterocycles. The van der Waals surface area contributed by atoms with Crippen molar-refractivity contribution in [1.29, 1.82) is 0 Å². The molecule has 3 unspecified atom stereocenters. The topological polar surface area (TPSA) is 93.5 Å². The maximum absolute atomic E-state index is 13.4. The molecule has 8 heteroatoms. The number of benzene rings is 1. The van der Waals surface area contributed by atoms with Gasteiger partial charge in [0, 0.05) is 37.9 Å². The highest BCUT2D eigenvalue weighted by atomic mass is 16.5. The van der Waals surface area contributed by atoms with E-state index in [1.54, 1.807) is 13.0 Å². The molecule has 0 aliphatic carbocycles. The Kier molecular flexibility index (Phi) is 5.53. The van der Waals surface area contributed by atoms with Crippen molar-refractivity contribution in [2.45, 2.75) is 57.3 Å². The van der Waals surface area contributed by atoms with Crippen LogP contribution in [-0.4, -0.2) is 58.1 Å². The number of nitrogens with zero attached hydrogens (tertiary/aromatic N) is 3. The van der Waals surface area contributed by atoms with Crippen LogP contribution in [0.15, 0.2) is 23.0 Å². The summed E-state index contributed by atoms with van der Waals surface area (Å²) < 4.78 is 7.07. The van der Waals surface area contributed by atoms with E-state index in [9.17, 15) is 14.4 Å². The first kappa shape index (κ1) is 20.9. The number of unbranched alkanes of at least 4 members (excludes halogenated alkanes) is 1. The van der Waals surface area contributed by atoms with Crippen LogP contribution in [0.5, 0.6) is 0 Å². The molecule has 0 radical (unpaired) electrons. The molecule has 1 aromatic heterocycles. The van der Waals surface area contributed by atoms with Gasteiger partial charge in [0.15, 0.2) is 0 Å². The Balaban J connectivity index is 1.36. The molecule has 0 spiro atoms. The van der Waals surface area contributed by atoms with Gasteiger partial charge in [0.1, 0.15) is 11.9 Å². The second-order valence-corrected chi connectivity index (χ2v) is 8.78. The molecule has 5 heterocycles. The molecule has 4 aliphatic rings. The minimum atomic E-state index is -0.738. The van der Waals surface area contributed by atoms with Crippen LogP contribution < -0.4 is 10.9 Å². The number of aryl methyl sites for hydroxylation is 1. The summed E-state index contributed by atoms with van der Waals surface area (Å²) in [6, 6.07) is 4.71. The highest BCUT2D eigenvalue weighted by Gasteiger charge is 2.37. The fraction of sp³-hybridized carbons (Fsp3) is 0.500. The summed E-state index contributed by atoms with van der Waals surface area (Å²) in [5, 5.41) is 2.74. The Morgan fingerprint density at radius 3 is 2.75 bits per heavy atom. The van der Waals surface area contributed by atoms with E-state index in [4.69, 9.17) is 4.74 Å². The summed E-state index contributed by atoms with van der Waals surface area (Å²) >= 11 is 0. The highest BCUT2D eigenvalue weighted by Crippen LogP contribution is 2.27. The molecular weight excluding hydrogens is 408 g/mol. The van der Waals surface area contributed by atoms with Gasteiger partial charge < -0.3 is 4.74 Å². The van der Waals surface area contributed by atoms with E-state index in [1.807, 2.05) is 12.1 Å². The number of fused-ring (bicyclic) bond motifs is 3. The number of morpholine rings is 1. The molecule has 32 heavy (non-hydrogen) atoms. The number of aromatic nitrogens is 2. The Bertz CT molecular complexity index is 1190. The number of hydrogen-bond donors (Lipinski definition) is 1. The van der Waals surface area contributed by atoms with Crippen LogP contribution in [0.25, 0.3) is 10.9 Å². The van der Waals surface area contributed by atoms with Gasteiger partial charge in [-0.05, 0) is 38.4 Å². The van der Waals surface area contributed by atoms with E-state index >= 15 is 0 Å². The van der Waals surface area contributed by atoms with E-state index < -0.39 is 11.9 Å². The molecular formula is C24H26N4O4. The number of piperidine rings is 2. The SMILES string of the molecule is Cc1nc2cccc(C#CCCCN3CC4CC(C3)O4)c2c(=O)n1C1CCC(=O)NC1=O. The number of carbonyl (C=O) groups excluding carboxylic acids is 2. The summed E-state index contributed by atoms with van der Waals surface area (Å²) in [4.78, 5) is 44.3. The fourth-order valence-electron chi connectivity index (χ4n) is 4.92. The average molecular weight is 434 g/mol. The quantitative estimate of drug-likeness (QED) is 0.443. The Morgan fingerprint density at radius 1 is 1.22 bits per heavy atom. The summed E-state index contributed by atoms with van der Waals surface area (Å²) in [6.45, 7) is 4.73. The molecule has 0 saturated carbocycles. The van der Waals surface area contributed by atoms with Gasteiger partial charge >= 0.3 is 0 Å². The zero-order valence-electron chi connectivity index (χ0n) is 18.1. The third-order valence-electron chi connectivity index (χ3n) is 6.46. The van der Waals surface area contributed by atoms with Crippen molar-refractivity contribution >= 4 is 22.7 Å². The van der Waals surface area contributed by atoms with Gasteiger partial charge in [0.25, 0.3) is 5.56 Å². The Morgan fingerprint density at radius 2 is 2.00 bits per heavy atom. The van der Waals surface area contributed by atoms with Crippen LogP contribution in [-0.2, 0) is 14.3 Å². The molecule has 4 aliphatic heterocycles. The molecule has 1 N–H and O–H groups in total. The predicted molar refractivity (Wildman–Crippen MR) is 118 cm³/mol. The van der Waals surface area contributed by atoms with Crippen molar-refractivity contribution in [3.63, 3.8) is 0 Å². The van der Waals surface area contributed by atoms with Crippen molar-refractivity contribution in [3.05, 3.63) is 39.9 Å². The number of rotatable bonds is 4. The first-order valence-electron chi connectivity index (χ1n) is 11.2. The van der Waals surface area contributed by atoms with E-state index in [2.05, 4.69) is 27.0 Å². The van der Waals surface area contributed by atoms with E-state index in [0.717, 1.165) is 32.5 Å². The van der Waals surface area contributed by atoms with Crippen LogP contribution in [0.4, 0.5) is 0 Å². The molecule has 2 amide bonds. The lowest BCUT2D eigenvalue weighted by molar-refractivity contribution is -0.180. The first-order chi connectivity index (χ1) is 15.5. The molecule has 1 aromatic carbocycles. The Hall–Kier alpha value is -3.02. The van der Waals surface area contributed by atoms with Gasteiger partial charge in [-0.25, -0.2) is 4.98 Å². The van der Waals surface area contributed by atoms with Crippen LogP contribution >= 0.6 is 0 Å². The maximum atomic E-state index is 13.4. The summed E-state index contributed by atoms with van der Waals surface area (Å²) in [7, 11) is 0. The molecule has 4 fully saturated rings. The smallest absolute Gasteiger partial charge is 0.263 e. The normalized spacial score (nSPS) is 25.1. The van der Waals surface area contributed by atoms with Gasteiger partial charge in [-0.2, -0.15) is 0 Å². The lowest BCUT2D eigenvalue weighted by atomic mass is 9.98. The van der Waals surface area contributed by atoms with Gasteiger partial charge in [-0.15, -0.1) is 0 Å². The van der Waals surface area contributed by atoms with E-state index in [0.29, 0.717) is 34.5 Å². The van der Waals surface area contributed by atoms with Gasteiger partial charge in [0.2, 0.25) is 11.8 Å². The third-order valence-corrected chi connectivity index (χ3v) is 6.46. The fourth-order valence-corrected chi connectivity index (χ4v) is 4.92. The summed E-state index contributed by atoms with van der Waals surface area (Å²) in [5.41, 5.74) is 0.892. The largest absolute Gasteiger partial charge is 0.372 e. The zero-order chi connectivity index (χ0) is 22.2. The first-order valence-corrected chi connectivity index (χ1v) is 11.2. The number of imide groups is 1. The van der Waals surface area contributed by atoms with Crippen LogP contribution in [0.3, 0.4) is 0 Å². The van der Waals surface area contributed by atoms with Crippen molar-refractivity contribution in [3.8, 4) is 11.8 Å². The zero-order valence-corrected chi connectivity index (χ0v) is 18.1. The molecule has 166 valence electrons. The highest BCUT2D eigenvalue weighted by molar-refractivity contribution is 5.99. The minimum absolute atomic E-state index is 0.201. The lowest BCUT2D eigenvalue weighted by Gasteiger charge is -2.47. The second kappa shape index (κ2) is 8.49. The third kappa shape index (κ3) is 3.94. The molecule has 8 nitrogen and oxygen atoms in total. The predicted octanol–water partition coefficient (Wildman–Crippen LogP) is 1.29. The lowest BCUT2D eigenvalue weighted by Crippen LogP contribution is -2.57. The number of amides is 2. The number of nitrogens with one attached hydrogen (secondary N) is 1. The molecule has 2 bridgehead atoms. The van der Waals surface area contributed by atoms with E-state index in [-0.39, 0.29) is 24.3 Å². The maximum Gasteiger partial charge on any atom is 0.263 e. The molecule has 3 atom stereocenters. The van der Waals surface area contributed by atoms with Crippen molar-refractivity contribution in [1.82, 2.24) is 19.8 Å². The Labute approximate surface area is 185 Å². The van der Waals surface area contributed by atoms with Crippen molar-refractivity contribution in [2.24, 2.45) is 0 Å². The monoisotopic (exact) mass is 434 g/mol. The van der Waals surface area contributed by atoms with Crippen LogP contribution in [0.1, 0.15) is 49.5 Å². The van der Waals surface area contributed by atoms with E-state index in [1.165, 1.54) is 11.0 Å². The molecule has 2 aromatic rings. The van der Waals surface area contributed by atoms with Gasteiger partial charge in [-0.3, -0.25) is 29.2 Å². The molecule has 6 rings (SSSR count). The minimum Gasteiger partial charge on any atom is -0.372 e. The number of ether oxygens (including phenoxy) is 1. The standard InChI is InChI=1S/C24H26N4O4/c1-15-25-19-8-5-7-16(6-3-2-4-11-27-13-17-12-18(14-27)32-17)22(19)24(31)28(15)20-9-10-21(29)26-23(20)30/h5,7-8,17-18,20H,2,4,9-14H2,1H3,(H,26,29,30). The number of hydrogen-bond acceptors (Lipinski definition) is 6. The summed E-state index contributed by atoms with van der Waals surface area (Å²) in [5.74, 6) is 6.03. The second-order valence-electron chi connectivity index (χ2n) is 8.78. The van der Waals surface area contributed by atoms with Crippen molar-refractivity contribution < 1.29 is 14.3 Å². The summed E-state index contributed by atoms with van der Waals surface area (Å²) in [6.07, 6.45) is 4.22. The van der Waals surface area contributed by atoms with Crippen molar-refractivity contribution in [2.75, 3.05) is 19.6 Å². The van der Waals surface area contributed by atoms with Crippen LogP contribution in [0, 0.1) is 18.8 Å². The van der Waals surface area contributed by atoms with Crippen LogP contribution in [0.2, 0.25) is 0 Å². The number of carbonyl (C=O) groups is 2. The van der Waals surface area contributed by atoms with Gasteiger partial charge in [-0.1, -0.05) is 17.9 Å².